The van der Waals surface area contributed by atoms with Crippen LogP contribution in [0.15, 0.2) is 23.6 Å². The van der Waals surface area contributed by atoms with Gasteiger partial charge in [0.25, 0.3) is 0 Å². The first-order valence-corrected chi connectivity index (χ1v) is 9.68. The van der Waals surface area contributed by atoms with Crippen LogP contribution in [-0.4, -0.2) is 30.8 Å². The van der Waals surface area contributed by atoms with Gasteiger partial charge in [-0.3, -0.25) is 4.79 Å². The molecule has 1 N–H and O–H groups in total. The molecule has 1 heterocycles. The molecule has 5 nitrogen and oxygen atoms in total. The predicted octanol–water partition coefficient (Wildman–Crippen LogP) is 3.49. The van der Waals surface area contributed by atoms with Crippen molar-refractivity contribution in [3.8, 4) is 11.3 Å². The van der Waals surface area contributed by atoms with Gasteiger partial charge in [-0.25, -0.2) is 13.4 Å². The van der Waals surface area contributed by atoms with E-state index in [1.165, 1.54) is 18.3 Å². The fourth-order valence-corrected chi connectivity index (χ4v) is 3.22. The molecule has 0 aliphatic rings. The standard InChI is InChI=1S/C13H12Cl2N2O3S2/c1-7(22(2,19)20)12(18)17-13-16-11(6-21-13)9-4-3-8(14)5-10(9)15/h3-7H,1-2H3,(H,16,17,18)/t7-/m1/s1. The number of benzene rings is 1. The first kappa shape index (κ1) is 17.2. The summed E-state index contributed by atoms with van der Waals surface area (Å²) in [6.07, 6.45) is 1.01. The molecule has 1 aromatic heterocycles. The molecule has 0 spiro atoms. The van der Waals surface area contributed by atoms with Crippen LogP contribution in [-0.2, 0) is 14.6 Å². The van der Waals surface area contributed by atoms with Crippen LogP contribution in [0.2, 0.25) is 10.0 Å². The van der Waals surface area contributed by atoms with Crippen molar-refractivity contribution < 1.29 is 13.2 Å². The highest BCUT2D eigenvalue weighted by atomic mass is 35.5. The summed E-state index contributed by atoms with van der Waals surface area (Å²) in [6, 6.07) is 5.01. The van der Waals surface area contributed by atoms with E-state index in [-0.39, 0.29) is 0 Å². The topological polar surface area (TPSA) is 76.1 Å². The van der Waals surface area contributed by atoms with Crippen molar-refractivity contribution in [1.82, 2.24) is 4.98 Å². The van der Waals surface area contributed by atoms with E-state index in [4.69, 9.17) is 23.2 Å². The van der Waals surface area contributed by atoms with Crippen molar-refractivity contribution >= 4 is 55.4 Å². The number of carbonyl (C=O) groups is 1. The largest absolute Gasteiger partial charge is 0.301 e. The summed E-state index contributed by atoms with van der Waals surface area (Å²) in [5.74, 6) is -0.620. The van der Waals surface area contributed by atoms with E-state index in [0.29, 0.717) is 26.4 Å². The Morgan fingerprint density at radius 1 is 1.36 bits per heavy atom. The van der Waals surface area contributed by atoms with E-state index in [2.05, 4.69) is 10.3 Å². The Bertz CT molecular complexity index is 818. The minimum Gasteiger partial charge on any atom is -0.301 e. The van der Waals surface area contributed by atoms with Gasteiger partial charge in [-0.2, -0.15) is 0 Å². The molecule has 22 heavy (non-hydrogen) atoms. The first-order chi connectivity index (χ1) is 10.2. The van der Waals surface area contributed by atoms with Gasteiger partial charge < -0.3 is 5.32 Å². The molecule has 2 rings (SSSR count). The van der Waals surface area contributed by atoms with Crippen LogP contribution >= 0.6 is 34.5 Å². The highest BCUT2D eigenvalue weighted by Gasteiger charge is 2.24. The number of nitrogens with zero attached hydrogens (tertiary/aromatic N) is 1. The van der Waals surface area contributed by atoms with Gasteiger partial charge in [0.15, 0.2) is 15.0 Å². The van der Waals surface area contributed by atoms with Crippen molar-refractivity contribution in [2.45, 2.75) is 12.2 Å². The number of hydrogen-bond donors (Lipinski definition) is 1. The summed E-state index contributed by atoms with van der Waals surface area (Å²) in [6.45, 7) is 1.33. The first-order valence-electron chi connectivity index (χ1n) is 6.09. The van der Waals surface area contributed by atoms with Crippen molar-refractivity contribution in [1.29, 1.82) is 0 Å². The molecule has 1 aromatic carbocycles. The SMILES string of the molecule is C[C@H](C(=O)Nc1nc(-c2ccc(Cl)cc2Cl)cs1)S(C)(=O)=O. The lowest BCUT2D eigenvalue weighted by Crippen LogP contribution is -2.31. The smallest absolute Gasteiger partial charge is 0.244 e. The van der Waals surface area contributed by atoms with Crippen molar-refractivity contribution in [3.05, 3.63) is 33.6 Å². The molecule has 0 radical (unpaired) electrons. The molecule has 0 saturated carbocycles. The van der Waals surface area contributed by atoms with Gasteiger partial charge in [-0.15, -0.1) is 11.3 Å². The third kappa shape index (κ3) is 3.98. The lowest BCUT2D eigenvalue weighted by atomic mass is 10.2. The van der Waals surface area contributed by atoms with Crippen LogP contribution in [0.4, 0.5) is 5.13 Å². The summed E-state index contributed by atoms with van der Waals surface area (Å²) in [5.41, 5.74) is 1.26. The van der Waals surface area contributed by atoms with E-state index in [1.54, 1.807) is 23.6 Å². The second kappa shape index (κ2) is 6.54. The lowest BCUT2D eigenvalue weighted by molar-refractivity contribution is -0.115. The van der Waals surface area contributed by atoms with Crippen LogP contribution < -0.4 is 5.32 Å². The average molecular weight is 379 g/mol. The second-order valence-electron chi connectivity index (χ2n) is 4.62. The monoisotopic (exact) mass is 378 g/mol. The molecular weight excluding hydrogens is 367 g/mol. The highest BCUT2D eigenvalue weighted by molar-refractivity contribution is 7.92. The van der Waals surface area contributed by atoms with Crippen LogP contribution in [0.1, 0.15) is 6.92 Å². The van der Waals surface area contributed by atoms with E-state index >= 15 is 0 Å². The Balaban J connectivity index is 2.20. The molecule has 0 fully saturated rings. The summed E-state index contributed by atoms with van der Waals surface area (Å²) < 4.78 is 22.7. The van der Waals surface area contributed by atoms with E-state index in [1.807, 2.05) is 0 Å². The van der Waals surface area contributed by atoms with Gasteiger partial charge in [0, 0.05) is 22.2 Å². The fraction of sp³-hybridized carbons (Fsp3) is 0.231. The number of aromatic nitrogens is 1. The van der Waals surface area contributed by atoms with Crippen LogP contribution in [0.25, 0.3) is 11.3 Å². The van der Waals surface area contributed by atoms with Crippen molar-refractivity contribution in [2.75, 3.05) is 11.6 Å². The molecular formula is C13H12Cl2N2O3S2. The molecule has 0 saturated heterocycles. The Labute approximate surface area is 142 Å². The second-order valence-corrected chi connectivity index (χ2v) is 8.69. The summed E-state index contributed by atoms with van der Waals surface area (Å²) in [7, 11) is -3.45. The molecule has 0 unspecified atom stereocenters. The molecule has 118 valence electrons. The maximum atomic E-state index is 11.8. The number of thiazole rings is 1. The third-order valence-corrected chi connectivity index (χ3v) is 5.76. The van der Waals surface area contributed by atoms with E-state index < -0.39 is 21.0 Å². The minimum atomic E-state index is -3.45. The Morgan fingerprint density at radius 2 is 2.05 bits per heavy atom. The van der Waals surface area contributed by atoms with E-state index in [0.717, 1.165) is 6.26 Å². The Hall–Kier alpha value is -1.15. The zero-order valence-electron chi connectivity index (χ0n) is 11.6. The van der Waals surface area contributed by atoms with Gasteiger partial charge in [0.1, 0.15) is 5.25 Å². The van der Waals surface area contributed by atoms with E-state index in [9.17, 15) is 13.2 Å². The third-order valence-electron chi connectivity index (χ3n) is 2.95. The number of nitrogens with one attached hydrogen (secondary N) is 1. The van der Waals surface area contributed by atoms with Gasteiger partial charge >= 0.3 is 0 Å². The van der Waals surface area contributed by atoms with Crippen LogP contribution in [0.5, 0.6) is 0 Å². The maximum Gasteiger partial charge on any atom is 0.244 e. The van der Waals surface area contributed by atoms with Gasteiger partial charge in [-0.05, 0) is 25.1 Å². The number of sulfone groups is 1. The predicted molar refractivity (Wildman–Crippen MR) is 90.5 cm³/mol. The maximum absolute atomic E-state index is 11.8. The van der Waals surface area contributed by atoms with Crippen molar-refractivity contribution in [2.24, 2.45) is 0 Å². The summed E-state index contributed by atoms with van der Waals surface area (Å²) in [4.78, 5) is 16.1. The number of halogens is 2. The fourth-order valence-electron chi connectivity index (χ4n) is 1.55. The Kier molecular flexibility index (Phi) is 5.11. The molecule has 1 atom stereocenters. The Morgan fingerprint density at radius 3 is 2.64 bits per heavy atom. The normalized spacial score (nSPS) is 12.9. The summed E-state index contributed by atoms with van der Waals surface area (Å²) >= 11 is 13.1. The quantitative estimate of drug-likeness (QED) is 0.882. The zero-order valence-corrected chi connectivity index (χ0v) is 14.8. The number of amides is 1. The van der Waals surface area contributed by atoms with Crippen LogP contribution in [0.3, 0.4) is 0 Å². The molecule has 9 heteroatoms. The number of hydrogen-bond acceptors (Lipinski definition) is 5. The minimum absolute atomic E-state index is 0.307. The molecule has 2 aromatic rings. The average Bonchev–Trinajstić information content (AvgIpc) is 2.84. The van der Waals surface area contributed by atoms with Gasteiger partial charge in [-0.1, -0.05) is 23.2 Å². The summed E-state index contributed by atoms with van der Waals surface area (Å²) in [5, 5.41) is 4.33. The molecule has 0 aliphatic carbocycles. The molecule has 0 aliphatic heterocycles. The van der Waals surface area contributed by atoms with Crippen molar-refractivity contribution in [3.63, 3.8) is 0 Å². The van der Waals surface area contributed by atoms with Gasteiger partial charge in [0.2, 0.25) is 5.91 Å². The number of rotatable bonds is 4. The highest BCUT2D eigenvalue weighted by Crippen LogP contribution is 2.32. The molecule has 0 bridgehead atoms. The number of anilines is 1. The number of carbonyl (C=O) groups excluding carboxylic acids is 1. The molecule has 1 amide bonds. The van der Waals surface area contributed by atoms with Crippen LogP contribution in [0, 0.1) is 0 Å². The van der Waals surface area contributed by atoms with Gasteiger partial charge in [0.05, 0.1) is 10.7 Å². The zero-order chi connectivity index (χ0) is 16.5. The lowest BCUT2D eigenvalue weighted by Gasteiger charge is -2.07.